The standard InChI is InChI=1S/C22H21ClN6O2/c1-12(13-5-6-13)25-19-10-18(26-17-4-2-3-16(23)9-17)27-21-15(11-24-29(19)21)7-14-8-20(30)28-22(14)31/h2-4,7,9-13,25H,5-6,8H2,1H3,(H,26,27)(H,28,30,31)/b14-7+/t12-/m1/s1. The molecule has 1 aromatic carbocycles. The molecule has 5 rings (SSSR count). The van der Waals surface area contributed by atoms with Gasteiger partial charge in [-0.15, -0.1) is 0 Å². The largest absolute Gasteiger partial charge is 0.367 e. The number of hydrogen-bond acceptors (Lipinski definition) is 6. The Bertz CT molecular complexity index is 1230. The molecule has 1 aliphatic heterocycles. The van der Waals surface area contributed by atoms with Crippen LogP contribution in [0.5, 0.6) is 0 Å². The number of carbonyl (C=O) groups excluding carboxylic acids is 2. The topological polar surface area (TPSA) is 100 Å². The number of fused-ring (bicyclic) bond motifs is 1. The third-order valence-electron chi connectivity index (χ3n) is 5.53. The van der Waals surface area contributed by atoms with Gasteiger partial charge in [0.25, 0.3) is 5.91 Å². The fraction of sp³-hybridized carbons (Fsp3) is 0.273. The third kappa shape index (κ3) is 4.11. The van der Waals surface area contributed by atoms with E-state index in [1.165, 1.54) is 12.8 Å². The van der Waals surface area contributed by atoms with E-state index in [0.717, 1.165) is 11.5 Å². The molecule has 1 saturated carbocycles. The zero-order valence-corrected chi connectivity index (χ0v) is 17.6. The summed E-state index contributed by atoms with van der Waals surface area (Å²) in [5.41, 5.74) is 2.45. The molecule has 0 radical (unpaired) electrons. The van der Waals surface area contributed by atoms with E-state index in [2.05, 4.69) is 28.0 Å². The van der Waals surface area contributed by atoms with Crippen molar-refractivity contribution in [3.8, 4) is 0 Å². The molecule has 0 unspecified atom stereocenters. The number of benzene rings is 1. The second-order valence-electron chi connectivity index (χ2n) is 7.99. The number of halogens is 1. The second-order valence-corrected chi connectivity index (χ2v) is 8.43. The van der Waals surface area contributed by atoms with Gasteiger partial charge in [-0.25, -0.2) is 4.98 Å². The van der Waals surface area contributed by atoms with E-state index in [1.807, 2.05) is 30.3 Å². The first-order valence-electron chi connectivity index (χ1n) is 10.2. The molecule has 2 aromatic heterocycles. The molecule has 31 heavy (non-hydrogen) atoms. The summed E-state index contributed by atoms with van der Waals surface area (Å²) < 4.78 is 1.73. The van der Waals surface area contributed by atoms with Crippen LogP contribution < -0.4 is 16.0 Å². The molecule has 2 amide bonds. The van der Waals surface area contributed by atoms with E-state index >= 15 is 0 Å². The summed E-state index contributed by atoms with van der Waals surface area (Å²) in [7, 11) is 0. The third-order valence-corrected chi connectivity index (χ3v) is 5.76. The van der Waals surface area contributed by atoms with Gasteiger partial charge in [0.1, 0.15) is 11.6 Å². The Morgan fingerprint density at radius 1 is 1.29 bits per heavy atom. The van der Waals surface area contributed by atoms with Crippen molar-refractivity contribution in [1.82, 2.24) is 19.9 Å². The summed E-state index contributed by atoms with van der Waals surface area (Å²) in [4.78, 5) is 28.3. The van der Waals surface area contributed by atoms with Crippen LogP contribution in [0.3, 0.4) is 0 Å². The summed E-state index contributed by atoms with van der Waals surface area (Å²) in [5.74, 6) is 1.39. The molecule has 0 bridgehead atoms. The van der Waals surface area contributed by atoms with E-state index in [1.54, 1.807) is 16.8 Å². The van der Waals surface area contributed by atoms with Crippen LogP contribution >= 0.6 is 11.6 Å². The Kier molecular flexibility index (Phi) is 4.86. The van der Waals surface area contributed by atoms with E-state index in [9.17, 15) is 9.59 Å². The Morgan fingerprint density at radius 3 is 2.84 bits per heavy atom. The molecule has 3 N–H and O–H groups in total. The lowest BCUT2D eigenvalue weighted by molar-refractivity contribution is -0.124. The summed E-state index contributed by atoms with van der Waals surface area (Å²) in [6.45, 7) is 2.16. The van der Waals surface area contributed by atoms with Gasteiger partial charge in [-0.2, -0.15) is 9.61 Å². The number of anilines is 3. The van der Waals surface area contributed by atoms with Gasteiger partial charge in [0.15, 0.2) is 5.65 Å². The molecule has 2 fully saturated rings. The summed E-state index contributed by atoms with van der Waals surface area (Å²) >= 11 is 6.12. The lowest BCUT2D eigenvalue weighted by Gasteiger charge is -2.17. The minimum atomic E-state index is -0.377. The molecule has 9 heteroatoms. The first-order valence-corrected chi connectivity index (χ1v) is 10.6. The van der Waals surface area contributed by atoms with E-state index < -0.39 is 0 Å². The Hall–Kier alpha value is -3.39. The number of nitrogens with zero attached hydrogens (tertiary/aromatic N) is 3. The van der Waals surface area contributed by atoms with Crippen LogP contribution in [-0.4, -0.2) is 32.5 Å². The molecule has 158 valence electrons. The van der Waals surface area contributed by atoms with Crippen molar-refractivity contribution >= 4 is 52.5 Å². The summed E-state index contributed by atoms with van der Waals surface area (Å²) in [6.07, 6.45) is 5.82. The number of aromatic nitrogens is 3. The summed E-state index contributed by atoms with van der Waals surface area (Å²) in [5, 5.41) is 14.2. The molecule has 0 spiro atoms. The molecular weight excluding hydrogens is 416 g/mol. The van der Waals surface area contributed by atoms with Gasteiger partial charge in [-0.3, -0.25) is 14.9 Å². The van der Waals surface area contributed by atoms with E-state index in [4.69, 9.17) is 16.6 Å². The molecular formula is C22H21ClN6O2. The number of imide groups is 1. The molecule has 1 saturated heterocycles. The van der Waals surface area contributed by atoms with Crippen LogP contribution in [0.1, 0.15) is 31.7 Å². The van der Waals surface area contributed by atoms with Crippen molar-refractivity contribution in [2.24, 2.45) is 5.92 Å². The van der Waals surface area contributed by atoms with E-state index in [0.29, 0.717) is 39.6 Å². The SMILES string of the molecule is C[C@@H](Nc1cc(Nc2cccc(Cl)c2)nc2c(/C=C3\CC(=O)NC3=O)cnn12)C1CC1. The minimum absolute atomic E-state index is 0.0560. The highest BCUT2D eigenvalue weighted by Crippen LogP contribution is 2.34. The number of amides is 2. The average Bonchev–Trinajstić information content (AvgIpc) is 3.42. The fourth-order valence-corrected chi connectivity index (χ4v) is 3.91. The Morgan fingerprint density at radius 2 is 2.13 bits per heavy atom. The molecule has 3 aromatic rings. The highest BCUT2D eigenvalue weighted by molar-refractivity contribution is 6.30. The van der Waals surface area contributed by atoms with Crippen molar-refractivity contribution in [1.29, 1.82) is 0 Å². The van der Waals surface area contributed by atoms with Crippen LogP contribution in [-0.2, 0) is 9.59 Å². The number of rotatable bonds is 6. The van der Waals surface area contributed by atoms with Crippen molar-refractivity contribution in [3.63, 3.8) is 0 Å². The van der Waals surface area contributed by atoms with Crippen molar-refractivity contribution in [3.05, 3.63) is 52.7 Å². The zero-order valence-electron chi connectivity index (χ0n) is 16.9. The van der Waals surface area contributed by atoms with Gasteiger partial charge in [0.05, 0.1) is 12.6 Å². The van der Waals surface area contributed by atoms with Crippen molar-refractivity contribution in [2.45, 2.75) is 32.2 Å². The number of nitrogens with one attached hydrogen (secondary N) is 3. The number of hydrogen-bond donors (Lipinski definition) is 3. The van der Waals surface area contributed by atoms with Crippen molar-refractivity contribution in [2.75, 3.05) is 10.6 Å². The Labute approximate surface area is 183 Å². The first-order chi connectivity index (χ1) is 15.0. The molecule has 2 aliphatic rings. The quantitative estimate of drug-likeness (QED) is 0.401. The zero-order chi connectivity index (χ0) is 21.5. The van der Waals surface area contributed by atoms with Gasteiger partial charge in [-0.1, -0.05) is 17.7 Å². The van der Waals surface area contributed by atoms with E-state index in [-0.39, 0.29) is 18.2 Å². The van der Waals surface area contributed by atoms with Crippen molar-refractivity contribution < 1.29 is 9.59 Å². The summed E-state index contributed by atoms with van der Waals surface area (Å²) in [6, 6.07) is 9.61. The first kappa shape index (κ1) is 19.6. The minimum Gasteiger partial charge on any atom is -0.367 e. The maximum atomic E-state index is 12.0. The van der Waals surface area contributed by atoms with Crippen LogP contribution in [0, 0.1) is 5.92 Å². The van der Waals surface area contributed by atoms with Crippen LogP contribution in [0.4, 0.5) is 17.3 Å². The smallest absolute Gasteiger partial charge is 0.254 e. The van der Waals surface area contributed by atoms with Crippen LogP contribution in [0.15, 0.2) is 42.1 Å². The lowest BCUT2D eigenvalue weighted by atomic mass is 10.1. The van der Waals surface area contributed by atoms with Crippen LogP contribution in [0.25, 0.3) is 11.7 Å². The fourth-order valence-electron chi connectivity index (χ4n) is 3.72. The lowest BCUT2D eigenvalue weighted by Crippen LogP contribution is -2.20. The predicted octanol–water partition coefficient (Wildman–Crippen LogP) is 3.77. The maximum absolute atomic E-state index is 12.0. The molecule has 8 nitrogen and oxygen atoms in total. The van der Waals surface area contributed by atoms with Crippen LogP contribution in [0.2, 0.25) is 5.02 Å². The average molecular weight is 437 g/mol. The Balaban J connectivity index is 1.57. The van der Waals surface area contributed by atoms with Gasteiger partial charge in [0, 0.05) is 34.0 Å². The van der Waals surface area contributed by atoms with Gasteiger partial charge >= 0.3 is 0 Å². The molecule has 1 atom stereocenters. The molecule has 1 aliphatic carbocycles. The highest BCUT2D eigenvalue weighted by atomic mass is 35.5. The highest BCUT2D eigenvalue weighted by Gasteiger charge is 2.29. The second kappa shape index (κ2) is 7.70. The van der Waals surface area contributed by atoms with Gasteiger partial charge in [0.2, 0.25) is 5.91 Å². The maximum Gasteiger partial charge on any atom is 0.254 e. The van der Waals surface area contributed by atoms with Gasteiger partial charge in [-0.05, 0) is 50.0 Å². The normalized spacial score (nSPS) is 18.5. The van der Waals surface area contributed by atoms with Gasteiger partial charge < -0.3 is 10.6 Å². The monoisotopic (exact) mass is 436 g/mol. The molecule has 3 heterocycles. The number of carbonyl (C=O) groups is 2. The predicted molar refractivity (Wildman–Crippen MR) is 119 cm³/mol.